The molecule has 1 nitrogen and oxygen atoms in total. The van der Waals surface area contributed by atoms with Crippen LogP contribution in [0, 0.1) is 12.7 Å². The zero-order valence-corrected chi connectivity index (χ0v) is 11.8. The molecule has 0 atom stereocenters. The summed E-state index contributed by atoms with van der Waals surface area (Å²) in [6, 6.07) is 6.94. The van der Waals surface area contributed by atoms with Gasteiger partial charge in [-0.05, 0) is 65.2 Å². The van der Waals surface area contributed by atoms with Gasteiger partial charge in [-0.25, -0.2) is 4.39 Å². The molecule has 0 spiro atoms. The highest BCUT2D eigenvalue weighted by molar-refractivity contribution is 9.10. The molecule has 2 aromatic rings. The Balaban J connectivity index is 2.52. The van der Waals surface area contributed by atoms with Gasteiger partial charge < -0.3 is 0 Å². The molecule has 0 bridgehead atoms. The smallest absolute Gasteiger partial charge is 0.169 e. The number of aryl methyl sites for hydroxylation is 1. The Bertz CT molecular complexity index is 589. The minimum absolute atomic E-state index is 0.0556. The van der Waals surface area contributed by atoms with E-state index in [1.807, 2.05) is 13.0 Å². The monoisotopic (exact) mass is 312 g/mol. The van der Waals surface area contributed by atoms with Crippen molar-refractivity contribution in [3.05, 3.63) is 45.0 Å². The number of ketones is 1. The van der Waals surface area contributed by atoms with Gasteiger partial charge >= 0.3 is 0 Å². The van der Waals surface area contributed by atoms with Crippen LogP contribution in [0.4, 0.5) is 4.39 Å². The van der Waals surface area contributed by atoms with Crippen LogP contribution in [-0.4, -0.2) is 5.78 Å². The van der Waals surface area contributed by atoms with Crippen molar-refractivity contribution in [1.29, 1.82) is 0 Å². The Kier molecular flexibility index (Phi) is 3.45. The van der Waals surface area contributed by atoms with E-state index in [1.54, 1.807) is 19.1 Å². The molecule has 2 rings (SSSR count). The maximum atomic E-state index is 13.3. The van der Waals surface area contributed by atoms with E-state index in [4.69, 9.17) is 0 Å². The number of carbonyl (C=O) groups excluding carboxylic acids is 1. The molecule has 0 fully saturated rings. The Morgan fingerprint density at radius 2 is 2.06 bits per heavy atom. The number of halogens is 2. The Hall–Kier alpha value is -1.00. The fraction of sp³-hybridized carbons (Fsp3) is 0.154. The van der Waals surface area contributed by atoms with Crippen LogP contribution < -0.4 is 0 Å². The number of thiophene rings is 1. The summed E-state index contributed by atoms with van der Waals surface area (Å²) >= 11 is 4.61. The van der Waals surface area contributed by atoms with Crippen LogP contribution >= 0.6 is 27.3 Å². The van der Waals surface area contributed by atoms with E-state index in [-0.39, 0.29) is 11.6 Å². The molecule has 0 saturated carbocycles. The van der Waals surface area contributed by atoms with E-state index in [0.717, 1.165) is 20.9 Å². The van der Waals surface area contributed by atoms with Crippen LogP contribution in [-0.2, 0) is 0 Å². The second kappa shape index (κ2) is 4.70. The van der Waals surface area contributed by atoms with Gasteiger partial charge in [-0.2, -0.15) is 0 Å². The van der Waals surface area contributed by atoms with Crippen LogP contribution in [0.2, 0.25) is 0 Å². The minimum Gasteiger partial charge on any atom is -0.294 e. The Morgan fingerprint density at radius 1 is 1.35 bits per heavy atom. The number of Topliss-reactive ketones (excluding diaryl/α,β-unsaturated/α-hetero) is 1. The van der Waals surface area contributed by atoms with Gasteiger partial charge in [0.1, 0.15) is 5.82 Å². The highest BCUT2D eigenvalue weighted by Gasteiger charge is 2.11. The second-order valence-electron chi connectivity index (χ2n) is 3.80. The van der Waals surface area contributed by atoms with Crippen LogP contribution in [0.25, 0.3) is 10.4 Å². The topological polar surface area (TPSA) is 17.1 Å². The highest BCUT2D eigenvalue weighted by Crippen LogP contribution is 2.33. The van der Waals surface area contributed by atoms with Gasteiger partial charge in [0.2, 0.25) is 0 Å². The van der Waals surface area contributed by atoms with Crippen LogP contribution in [0.1, 0.15) is 22.2 Å². The van der Waals surface area contributed by atoms with E-state index >= 15 is 0 Å². The van der Waals surface area contributed by atoms with Gasteiger partial charge in [-0.3, -0.25) is 4.79 Å². The Morgan fingerprint density at radius 3 is 2.65 bits per heavy atom. The summed E-state index contributed by atoms with van der Waals surface area (Å²) in [5.74, 6) is -0.213. The molecule has 0 aliphatic rings. The van der Waals surface area contributed by atoms with Gasteiger partial charge in [0.15, 0.2) is 5.78 Å². The van der Waals surface area contributed by atoms with Crippen LogP contribution in [0.5, 0.6) is 0 Å². The van der Waals surface area contributed by atoms with Gasteiger partial charge in [-0.15, -0.1) is 11.3 Å². The van der Waals surface area contributed by atoms with E-state index in [0.29, 0.717) is 4.47 Å². The minimum atomic E-state index is -0.269. The molecule has 1 aromatic heterocycles. The molecule has 1 heterocycles. The quantitative estimate of drug-likeness (QED) is 0.726. The molecule has 0 N–H and O–H groups in total. The first-order chi connectivity index (χ1) is 7.99. The SMILES string of the molecule is CC(=O)c1ccc(-c2cc(Br)c(F)cc2C)s1. The molecule has 0 saturated heterocycles. The number of benzene rings is 1. The number of hydrogen-bond acceptors (Lipinski definition) is 2. The fourth-order valence-electron chi connectivity index (χ4n) is 1.58. The standard InChI is InChI=1S/C13H10BrFOS/c1-7-5-11(15)10(14)6-9(7)13-4-3-12(17-13)8(2)16/h3-6H,1-2H3. The molecule has 0 aliphatic heterocycles. The molecule has 0 aliphatic carbocycles. The summed E-state index contributed by atoms with van der Waals surface area (Å²) in [5, 5.41) is 0. The molecular weight excluding hydrogens is 303 g/mol. The van der Waals surface area contributed by atoms with Crippen molar-refractivity contribution in [1.82, 2.24) is 0 Å². The predicted molar refractivity (Wildman–Crippen MR) is 72.2 cm³/mol. The molecule has 0 amide bonds. The predicted octanol–water partition coefficient (Wildman–Crippen LogP) is 4.83. The number of rotatable bonds is 2. The summed E-state index contributed by atoms with van der Waals surface area (Å²) in [6.07, 6.45) is 0. The normalized spacial score (nSPS) is 10.6. The Labute approximate surface area is 111 Å². The third-order valence-electron chi connectivity index (χ3n) is 2.49. The van der Waals surface area contributed by atoms with Crippen LogP contribution in [0.3, 0.4) is 0 Å². The lowest BCUT2D eigenvalue weighted by Crippen LogP contribution is -1.85. The number of carbonyl (C=O) groups is 1. The fourth-order valence-corrected chi connectivity index (χ4v) is 2.91. The van der Waals surface area contributed by atoms with Crippen molar-refractivity contribution in [2.24, 2.45) is 0 Å². The van der Waals surface area contributed by atoms with Crippen molar-refractivity contribution < 1.29 is 9.18 Å². The van der Waals surface area contributed by atoms with Gasteiger partial charge in [0.05, 0.1) is 9.35 Å². The van der Waals surface area contributed by atoms with E-state index in [1.165, 1.54) is 17.4 Å². The lowest BCUT2D eigenvalue weighted by Gasteiger charge is -2.05. The summed E-state index contributed by atoms with van der Waals surface area (Å²) in [4.78, 5) is 12.9. The van der Waals surface area contributed by atoms with E-state index in [9.17, 15) is 9.18 Å². The molecule has 0 radical (unpaired) electrons. The first kappa shape index (κ1) is 12.5. The third kappa shape index (κ3) is 2.48. The molecule has 1 aromatic carbocycles. The second-order valence-corrected chi connectivity index (χ2v) is 5.74. The summed E-state index contributed by atoms with van der Waals surface area (Å²) in [7, 11) is 0. The molecule has 4 heteroatoms. The van der Waals surface area contributed by atoms with Crippen molar-refractivity contribution in [3.63, 3.8) is 0 Å². The first-order valence-electron chi connectivity index (χ1n) is 5.06. The molecule has 88 valence electrons. The lowest BCUT2D eigenvalue weighted by molar-refractivity contribution is 0.102. The maximum Gasteiger partial charge on any atom is 0.169 e. The van der Waals surface area contributed by atoms with Crippen LogP contribution in [0.15, 0.2) is 28.7 Å². The summed E-state index contributed by atoms with van der Waals surface area (Å²) in [6.45, 7) is 3.40. The van der Waals surface area contributed by atoms with Gasteiger partial charge in [0, 0.05) is 4.88 Å². The summed E-state index contributed by atoms with van der Waals surface area (Å²) < 4.78 is 13.8. The molecule has 0 unspecified atom stereocenters. The molecular formula is C13H10BrFOS. The average molecular weight is 313 g/mol. The lowest BCUT2D eigenvalue weighted by atomic mass is 10.1. The van der Waals surface area contributed by atoms with Gasteiger partial charge in [0.25, 0.3) is 0 Å². The van der Waals surface area contributed by atoms with Crippen molar-refractivity contribution >= 4 is 33.0 Å². The largest absolute Gasteiger partial charge is 0.294 e. The first-order valence-corrected chi connectivity index (χ1v) is 6.67. The van der Waals surface area contributed by atoms with Crippen molar-refractivity contribution in [3.8, 4) is 10.4 Å². The van der Waals surface area contributed by atoms with Gasteiger partial charge in [-0.1, -0.05) is 0 Å². The average Bonchev–Trinajstić information content (AvgIpc) is 2.72. The maximum absolute atomic E-state index is 13.3. The zero-order valence-electron chi connectivity index (χ0n) is 9.38. The number of hydrogen-bond donors (Lipinski definition) is 0. The zero-order chi connectivity index (χ0) is 12.6. The van der Waals surface area contributed by atoms with Crippen molar-refractivity contribution in [2.45, 2.75) is 13.8 Å². The summed E-state index contributed by atoms with van der Waals surface area (Å²) in [5.41, 5.74) is 1.82. The highest BCUT2D eigenvalue weighted by atomic mass is 79.9. The van der Waals surface area contributed by atoms with Crippen molar-refractivity contribution in [2.75, 3.05) is 0 Å². The third-order valence-corrected chi connectivity index (χ3v) is 4.31. The van der Waals surface area contributed by atoms with E-state index in [2.05, 4.69) is 15.9 Å². The molecule has 17 heavy (non-hydrogen) atoms. The van der Waals surface area contributed by atoms with E-state index < -0.39 is 0 Å².